The predicted octanol–water partition coefficient (Wildman–Crippen LogP) is 2.29. The maximum absolute atomic E-state index is 14.0. The van der Waals surface area contributed by atoms with Gasteiger partial charge in [0.1, 0.15) is 11.6 Å². The Morgan fingerprint density at radius 2 is 2.24 bits per heavy atom. The van der Waals surface area contributed by atoms with Crippen LogP contribution in [0.4, 0.5) is 4.39 Å². The molecule has 0 aliphatic heterocycles. The lowest BCUT2D eigenvalue weighted by atomic mass is 9.95. The van der Waals surface area contributed by atoms with Gasteiger partial charge in [-0.2, -0.15) is 0 Å². The molecule has 4 nitrogen and oxygen atoms in total. The second-order valence-corrected chi connectivity index (χ2v) is 6.12. The largest absolute Gasteiger partial charge is 0.487 e. The smallest absolute Gasteiger partial charge is 0.237 e. The highest BCUT2D eigenvalue weighted by Gasteiger charge is 2.45. The van der Waals surface area contributed by atoms with E-state index in [4.69, 9.17) is 10.5 Å². The number of nitrogens with two attached hydrogens (primary N) is 1. The van der Waals surface area contributed by atoms with Gasteiger partial charge in [0.2, 0.25) is 5.91 Å². The van der Waals surface area contributed by atoms with Crippen molar-refractivity contribution in [1.82, 2.24) is 5.32 Å². The summed E-state index contributed by atoms with van der Waals surface area (Å²) in [5, 5.41) is 3.25. The first kappa shape index (κ1) is 15.8. The fraction of sp³-hybridized carbons (Fsp3) is 0.562. The van der Waals surface area contributed by atoms with E-state index in [0.717, 1.165) is 0 Å². The van der Waals surface area contributed by atoms with Crippen LogP contribution in [0.3, 0.4) is 0 Å². The van der Waals surface area contributed by atoms with E-state index < -0.39 is 5.54 Å². The Balaban J connectivity index is 2.11. The molecule has 0 heterocycles. The molecule has 1 fully saturated rings. The summed E-state index contributed by atoms with van der Waals surface area (Å²) in [6.07, 6.45) is 1.54. The van der Waals surface area contributed by atoms with Gasteiger partial charge in [0.25, 0.3) is 0 Å². The molecule has 116 valence electrons. The minimum Gasteiger partial charge on any atom is -0.487 e. The minimum atomic E-state index is -0.751. The summed E-state index contributed by atoms with van der Waals surface area (Å²) in [7, 11) is 0. The number of hydrogen-bond acceptors (Lipinski definition) is 3. The first-order chi connectivity index (χ1) is 9.84. The van der Waals surface area contributed by atoms with Gasteiger partial charge in [-0.3, -0.25) is 4.79 Å². The summed E-state index contributed by atoms with van der Waals surface area (Å²) in [4.78, 5) is 11.8. The molecule has 2 rings (SSSR count). The molecule has 0 aromatic heterocycles. The minimum absolute atomic E-state index is 0.145. The standard InChI is InChI=1S/C16H23FN2O2/c1-10(2)19-16(15(18)20)8-7-12(9-16)21-13-6-4-5-11(3)14(13)17/h4-6,10,12,19H,7-9H2,1-3H3,(H2,18,20). The molecular formula is C16H23FN2O2. The summed E-state index contributed by atoms with van der Waals surface area (Å²) in [6.45, 7) is 5.64. The van der Waals surface area contributed by atoms with Gasteiger partial charge in [0, 0.05) is 12.5 Å². The summed E-state index contributed by atoms with van der Waals surface area (Å²) < 4.78 is 19.7. The van der Waals surface area contributed by atoms with Gasteiger partial charge in [0.15, 0.2) is 11.6 Å². The van der Waals surface area contributed by atoms with Crippen LogP contribution in [0.15, 0.2) is 18.2 Å². The van der Waals surface area contributed by atoms with Gasteiger partial charge in [-0.25, -0.2) is 4.39 Å². The lowest BCUT2D eigenvalue weighted by Crippen LogP contribution is -2.56. The lowest BCUT2D eigenvalue weighted by molar-refractivity contribution is -0.124. The van der Waals surface area contributed by atoms with Crippen molar-refractivity contribution < 1.29 is 13.9 Å². The molecule has 2 atom stereocenters. The van der Waals surface area contributed by atoms with E-state index in [2.05, 4.69) is 5.32 Å². The van der Waals surface area contributed by atoms with Crippen molar-refractivity contribution >= 4 is 5.91 Å². The number of nitrogens with one attached hydrogen (secondary N) is 1. The van der Waals surface area contributed by atoms with Gasteiger partial charge in [-0.1, -0.05) is 12.1 Å². The second kappa shape index (κ2) is 6.02. The topological polar surface area (TPSA) is 64.3 Å². The number of carbonyl (C=O) groups is 1. The molecule has 0 saturated heterocycles. The molecule has 1 saturated carbocycles. The Morgan fingerprint density at radius 1 is 1.52 bits per heavy atom. The van der Waals surface area contributed by atoms with Crippen molar-refractivity contribution in [2.75, 3.05) is 0 Å². The van der Waals surface area contributed by atoms with Gasteiger partial charge in [-0.15, -0.1) is 0 Å². The van der Waals surface area contributed by atoms with Crippen molar-refractivity contribution in [3.05, 3.63) is 29.6 Å². The average molecular weight is 294 g/mol. The van der Waals surface area contributed by atoms with Crippen LogP contribution in [-0.2, 0) is 4.79 Å². The zero-order chi connectivity index (χ0) is 15.6. The van der Waals surface area contributed by atoms with E-state index in [1.807, 2.05) is 13.8 Å². The molecule has 21 heavy (non-hydrogen) atoms. The summed E-state index contributed by atoms with van der Waals surface area (Å²) >= 11 is 0. The molecule has 0 spiro atoms. The zero-order valence-electron chi connectivity index (χ0n) is 12.8. The first-order valence-corrected chi connectivity index (χ1v) is 7.33. The molecule has 0 radical (unpaired) electrons. The maximum atomic E-state index is 14.0. The third kappa shape index (κ3) is 3.35. The summed E-state index contributed by atoms with van der Waals surface area (Å²) in [5.74, 6) is -0.470. The second-order valence-electron chi connectivity index (χ2n) is 6.12. The van der Waals surface area contributed by atoms with Crippen LogP contribution < -0.4 is 15.8 Å². The quantitative estimate of drug-likeness (QED) is 0.875. The van der Waals surface area contributed by atoms with Crippen molar-refractivity contribution in [3.8, 4) is 5.75 Å². The normalized spacial score (nSPS) is 25.3. The number of ether oxygens (including phenoxy) is 1. The molecule has 0 bridgehead atoms. The van der Waals surface area contributed by atoms with Crippen LogP contribution in [-0.4, -0.2) is 23.6 Å². The predicted molar refractivity (Wildman–Crippen MR) is 79.6 cm³/mol. The van der Waals surface area contributed by atoms with Gasteiger partial charge in [0.05, 0.1) is 0 Å². The molecule has 5 heteroatoms. The van der Waals surface area contributed by atoms with Crippen LogP contribution in [0.2, 0.25) is 0 Å². The molecular weight excluding hydrogens is 271 g/mol. The van der Waals surface area contributed by atoms with Crippen LogP contribution >= 0.6 is 0 Å². The Morgan fingerprint density at radius 3 is 2.86 bits per heavy atom. The Labute approximate surface area is 124 Å². The molecule has 1 aromatic rings. The van der Waals surface area contributed by atoms with Crippen molar-refractivity contribution in [2.45, 2.75) is 57.7 Å². The van der Waals surface area contributed by atoms with E-state index in [1.54, 1.807) is 25.1 Å². The number of rotatable bonds is 5. The molecule has 3 N–H and O–H groups in total. The van der Waals surface area contributed by atoms with E-state index in [-0.39, 0.29) is 29.6 Å². The van der Waals surface area contributed by atoms with E-state index in [0.29, 0.717) is 24.8 Å². The van der Waals surface area contributed by atoms with E-state index in [9.17, 15) is 9.18 Å². The number of benzene rings is 1. The van der Waals surface area contributed by atoms with Crippen LogP contribution in [0.1, 0.15) is 38.7 Å². The highest BCUT2D eigenvalue weighted by Crippen LogP contribution is 2.34. The average Bonchev–Trinajstić information content (AvgIpc) is 2.79. The number of halogens is 1. The molecule has 1 aromatic carbocycles. The van der Waals surface area contributed by atoms with Crippen molar-refractivity contribution in [1.29, 1.82) is 0 Å². The number of carbonyl (C=O) groups excluding carboxylic acids is 1. The molecule has 1 aliphatic carbocycles. The summed E-state index contributed by atoms with van der Waals surface area (Å²) in [6, 6.07) is 5.22. The molecule has 1 aliphatic rings. The van der Waals surface area contributed by atoms with Crippen LogP contribution in [0.25, 0.3) is 0 Å². The molecule has 1 amide bonds. The van der Waals surface area contributed by atoms with E-state index in [1.165, 1.54) is 0 Å². The first-order valence-electron chi connectivity index (χ1n) is 7.33. The third-order valence-corrected chi connectivity index (χ3v) is 3.96. The fourth-order valence-electron chi connectivity index (χ4n) is 2.97. The highest BCUT2D eigenvalue weighted by molar-refractivity contribution is 5.85. The van der Waals surface area contributed by atoms with Crippen LogP contribution in [0.5, 0.6) is 5.75 Å². The summed E-state index contributed by atoms with van der Waals surface area (Å²) in [5.41, 5.74) is 5.36. The number of primary amides is 1. The fourth-order valence-corrected chi connectivity index (χ4v) is 2.97. The number of hydrogen-bond donors (Lipinski definition) is 2. The van der Waals surface area contributed by atoms with Crippen LogP contribution in [0, 0.1) is 12.7 Å². The van der Waals surface area contributed by atoms with Crippen molar-refractivity contribution in [3.63, 3.8) is 0 Å². The maximum Gasteiger partial charge on any atom is 0.237 e. The monoisotopic (exact) mass is 294 g/mol. The Bertz CT molecular complexity index is 533. The van der Waals surface area contributed by atoms with Gasteiger partial charge < -0.3 is 15.8 Å². The third-order valence-electron chi connectivity index (χ3n) is 3.96. The number of aryl methyl sites for hydroxylation is 1. The number of amides is 1. The van der Waals surface area contributed by atoms with Gasteiger partial charge >= 0.3 is 0 Å². The van der Waals surface area contributed by atoms with Crippen molar-refractivity contribution in [2.24, 2.45) is 5.73 Å². The highest BCUT2D eigenvalue weighted by atomic mass is 19.1. The molecule has 2 unspecified atom stereocenters. The lowest BCUT2D eigenvalue weighted by Gasteiger charge is -2.29. The van der Waals surface area contributed by atoms with Gasteiger partial charge in [-0.05, 0) is 45.2 Å². The Kier molecular flexibility index (Phi) is 4.52. The SMILES string of the molecule is Cc1cccc(OC2CCC(NC(C)C)(C(N)=O)C2)c1F. The zero-order valence-corrected chi connectivity index (χ0v) is 12.8. The Hall–Kier alpha value is -1.62. The van der Waals surface area contributed by atoms with E-state index >= 15 is 0 Å².